The third-order valence-electron chi connectivity index (χ3n) is 4.24. The predicted molar refractivity (Wildman–Crippen MR) is 101 cm³/mol. The van der Waals surface area contributed by atoms with Crippen LogP contribution in [0.3, 0.4) is 0 Å². The van der Waals surface area contributed by atoms with Crippen LogP contribution in [0.5, 0.6) is 0 Å². The third-order valence-corrected chi connectivity index (χ3v) is 4.97. The van der Waals surface area contributed by atoms with E-state index in [4.69, 9.17) is 4.98 Å². The van der Waals surface area contributed by atoms with Crippen molar-refractivity contribution in [3.05, 3.63) is 76.4 Å². The monoisotopic (exact) mass is 358 g/mol. The second kappa shape index (κ2) is 6.27. The molecule has 6 nitrogen and oxygen atoms in total. The van der Waals surface area contributed by atoms with Crippen molar-refractivity contribution in [2.75, 3.05) is 0 Å². The molecule has 0 radical (unpaired) electrons. The zero-order valence-electron chi connectivity index (χ0n) is 13.8. The average Bonchev–Trinajstić information content (AvgIpc) is 3.32. The van der Waals surface area contributed by atoms with E-state index in [1.807, 2.05) is 12.1 Å². The number of nitrogens with zero attached hydrogens (tertiary/aromatic N) is 6. The first-order valence-electron chi connectivity index (χ1n) is 8.25. The lowest BCUT2D eigenvalue weighted by Crippen LogP contribution is -2.04. The quantitative estimate of drug-likeness (QED) is 0.492. The Hall–Kier alpha value is -3.19. The summed E-state index contributed by atoms with van der Waals surface area (Å²) in [5, 5.41) is 13.7. The van der Waals surface area contributed by atoms with E-state index in [1.165, 1.54) is 5.56 Å². The highest BCUT2D eigenvalue weighted by Gasteiger charge is 2.10. The molecular formula is C19H14N6S. The van der Waals surface area contributed by atoms with Crippen LogP contribution in [-0.2, 0) is 13.0 Å². The maximum absolute atomic E-state index is 4.74. The molecule has 5 aromatic rings. The number of aromatic nitrogens is 6. The van der Waals surface area contributed by atoms with Crippen LogP contribution in [-0.4, -0.2) is 29.9 Å². The maximum atomic E-state index is 4.74. The summed E-state index contributed by atoms with van der Waals surface area (Å²) in [5.41, 5.74) is 5.55. The van der Waals surface area contributed by atoms with Gasteiger partial charge in [0.05, 0.1) is 24.0 Å². The minimum Gasteiger partial charge on any atom is -0.256 e. The number of hydrogen-bond acceptors (Lipinski definition) is 6. The molecule has 0 unspecified atom stereocenters. The van der Waals surface area contributed by atoms with Crippen LogP contribution in [0, 0.1) is 0 Å². The highest BCUT2D eigenvalue weighted by atomic mass is 32.1. The Balaban J connectivity index is 1.49. The minimum atomic E-state index is 0.571. The standard InChI is InChI=1S/C19H14N6S/c1-2-15-8-13(3-4-17(15)20-6-1)11-25-19-18(23-24-25)21-10-16(22-19)9-14-5-7-26-12-14/h1-8,10,12H,9,11H2. The predicted octanol–water partition coefficient (Wildman–Crippen LogP) is 3.47. The molecule has 4 aromatic heterocycles. The number of benzene rings is 1. The second-order valence-corrected chi connectivity index (χ2v) is 6.87. The van der Waals surface area contributed by atoms with E-state index in [9.17, 15) is 0 Å². The van der Waals surface area contributed by atoms with E-state index in [-0.39, 0.29) is 0 Å². The molecule has 0 saturated heterocycles. The van der Waals surface area contributed by atoms with Crippen molar-refractivity contribution < 1.29 is 0 Å². The normalized spacial score (nSPS) is 11.4. The van der Waals surface area contributed by atoms with Crippen LogP contribution in [0.4, 0.5) is 0 Å². The summed E-state index contributed by atoms with van der Waals surface area (Å²) < 4.78 is 1.80. The van der Waals surface area contributed by atoms with E-state index in [2.05, 4.69) is 55.3 Å². The van der Waals surface area contributed by atoms with E-state index in [1.54, 1.807) is 28.4 Å². The van der Waals surface area contributed by atoms with Crippen LogP contribution in [0.25, 0.3) is 22.2 Å². The summed E-state index contributed by atoms with van der Waals surface area (Å²) in [6, 6.07) is 12.3. The fourth-order valence-electron chi connectivity index (χ4n) is 2.98. The second-order valence-electron chi connectivity index (χ2n) is 6.09. The Morgan fingerprint density at radius 2 is 2.04 bits per heavy atom. The fraction of sp³-hybridized carbons (Fsp3) is 0.105. The number of thiophene rings is 1. The van der Waals surface area contributed by atoms with Crippen LogP contribution >= 0.6 is 11.3 Å². The van der Waals surface area contributed by atoms with Gasteiger partial charge in [-0.25, -0.2) is 14.6 Å². The van der Waals surface area contributed by atoms with Gasteiger partial charge < -0.3 is 0 Å². The highest BCUT2D eigenvalue weighted by Crippen LogP contribution is 2.16. The first-order chi connectivity index (χ1) is 12.8. The number of rotatable bonds is 4. The van der Waals surface area contributed by atoms with Gasteiger partial charge in [-0.2, -0.15) is 11.3 Å². The molecule has 26 heavy (non-hydrogen) atoms. The molecule has 0 saturated carbocycles. The molecule has 7 heteroatoms. The summed E-state index contributed by atoms with van der Waals surface area (Å²) in [6.07, 6.45) is 4.34. The molecule has 0 spiro atoms. The van der Waals surface area contributed by atoms with Crippen LogP contribution in [0.1, 0.15) is 16.8 Å². The van der Waals surface area contributed by atoms with E-state index >= 15 is 0 Å². The largest absolute Gasteiger partial charge is 0.256 e. The first kappa shape index (κ1) is 15.1. The van der Waals surface area contributed by atoms with Gasteiger partial charge in [0.15, 0.2) is 5.65 Å². The fourth-order valence-corrected chi connectivity index (χ4v) is 3.65. The smallest absolute Gasteiger partial charge is 0.221 e. The molecule has 0 aliphatic heterocycles. The van der Waals surface area contributed by atoms with Crippen molar-refractivity contribution in [1.82, 2.24) is 29.9 Å². The summed E-state index contributed by atoms with van der Waals surface area (Å²) in [6.45, 7) is 0.595. The van der Waals surface area contributed by atoms with E-state index < -0.39 is 0 Å². The molecule has 1 aromatic carbocycles. The van der Waals surface area contributed by atoms with Gasteiger partial charge in [0.2, 0.25) is 5.65 Å². The summed E-state index contributed by atoms with van der Waals surface area (Å²) in [5.74, 6) is 0. The van der Waals surface area contributed by atoms with Gasteiger partial charge in [0, 0.05) is 18.0 Å². The summed E-state index contributed by atoms with van der Waals surface area (Å²) in [7, 11) is 0. The van der Waals surface area contributed by atoms with E-state index in [0.29, 0.717) is 17.8 Å². The van der Waals surface area contributed by atoms with Crippen LogP contribution < -0.4 is 0 Å². The van der Waals surface area contributed by atoms with E-state index in [0.717, 1.165) is 28.6 Å². The SMILES string of the molecule is c1cnc2ccc(Cn3nnc4ncc(Cc5ccsc5)nc43)cc2c1. The highest BCUT2D eigenvalue weighted by molar-refractivity contribution is 7.07. The minimum absolute atomic E-state index is 0.571. The van der Waals surface area contributed by atoms with Crippen molar-refractivity contribution in [2.24, 2.45) is 0 Å². The molecule has 4 heterocycles. The topological polar surface area (TPSA) is 69.4 Å². The van der Waals surface area contributed by atoms with Gasteiger partial charge in [0.1, 0.15) is 0 Å². The molecule has 0 aliphatic rings. The lowest BCUT2D eigenvalue weighted by atomic mass is 10.1. The van der Waals surface area contributed by atoms with Gasteiger partial charge >= 0.3 is 0 Å². The Labute approximate surface area is 153 Å². The van der Waals surface area contributed by atoms with Crippen molar-refractivity contribution >= 4 is 33.5 Å². The van der Waals surface area contributed by atoms with Gasteiger partial charge in [0.25, 0.3) is 0 Å². The first-order valence-corrected chi connectivity index (χ1v) is 9.19. The molecule has 126 valence electrons. The Bertz CT molecular complexity index is 1200. The molecule has 5 rings (SSSR count). The Morgan fingerprint density at radius 1 is 1.04 bits per heavy atom. The Kier molecular flexibility index (Phi) is 3.64. The molecule has 0 N–H and O–H groups in total. The maximum Gasteiger partial charge on any atom is 0.221 e. The van der Waals surface area contributed by atoms with Gasteiger partial charge in [-0.05, 0) is 46.2 Å². The van der Waals surface area contributed by atoms with Gasteiger partial charge in [-0.3, -0.25) is 4.98 Å². The number of fused-ring (bicyclic) bond motifs is 2. The van der Waals surface area contributed by atoms with Crippen molar-refractivity contribution in [2.45, 2.75) is 13.0 Å². The number of hydrogen-bond donors (Lipinski definition) is 0. The molecule has 0 aliphatic carbocycles. The summed E-state index contributed by atoms with van der Waals surface area (Å²) in [4.78, 5) is 13.5. The molecule has 0 atom stereocenters. The van der Waals surface area contributed by atoms with Crippen molar-refractivity contribution in [3.8, 4) is 0 Å². The molecule has 0 bridgehead atoms. The van der Waals surface area contributed by atoms with Crippen molar-refractivity contribution in [1.29, 1.82) is 0 Å². The molecular weight excluding hydrogens is 344 g/mol. The Morgan fingerprint density at radius 3 is 2.96 bits per heavy atom. The van der Waals surface area contributed by atoms with Gasteiger partial charge in [-0.1, -0.05) is 17.3 Å². The van der Waals surface area contributed by atoms with Gasteiger partial charge in [-0.15, -0.1) is 5.10 Å². The molecule has 0 amide bonds. The summed E-state index contributed by atoms with van der Waals surface area (Å²) >= 11 is 1.69. The zero-order valence-corrected chi connectivity index (χ0v) is 14.6. The number of pyridine rings is 1. The zero-order chi connectivity index (χ0) is 17.3. The third kappa shape index (κ3) is 2.82. The lowest BCUT2D eigenvalue weighted by molar-refractivity contribution is 0.663. The van der Waals surface area contributed by atoms with Crippen LogP contribution in [0.2, 0.25) is 0 Å². The molecule has 0 fully saturated rings. The van der Waals surface area contributed by atoms with Crippen LogP contribution in [0.15, 0.2) is 59.6 Å². The van der Waals surface area contributed by atoms with Crippen molar-refractivity contribution in [3.63, 3.8) is 0 Å². The lowest BCUT2D eigenvalue weighted by Gasteiger charge is -2.05. The average molecular weight is 358 g/mol.